The predicted octanol–water partition coefficient (Wildman–Crippen LogP) is -0.0001000. The number of ether oxygens (including phenoxy) is 1. The van der Waals surface area contributed by atoms with E-state index in [9.17, 15) is 0 Å². The highest BCUT2D eigenvalue weighted by Crippen LogP contribution is 1.93. The topological polar surface area (TPSA) is 47.3 Å². The van der Waals surface area contributed by atoms with E-state index in [2.05, 4.69) is 12.0 Å². The molecule has 3 N–H and O–H groups in total. The Morgan fingerprint density at radius 3 is 2.88 bits per heavy atom. The average Bonchev–Trinajstić information content (AvgIpc) is 1.83. The summed E-state index contributed by atoms with van der Waals surface area (Å²) in [6.07, 6.45) is 0.771. The van der Waals surface area contributed by atoms with Crippen LogP contribution in [0, 0.1) is 0 Å². The van der Waals surface area contributed by atoms with Crippen molar-refractivity contribution in [1.82, 2.24) is 5.43 Å². The van der Waals surface area contributed by atoms with E-state index in [1.54, 1.807) is 7.11 Å². The smallest absolute Gasteiger partial charge is 0.0897 e. The number of nitrogens with two attached hydrogens (primary N) is 1. The first kappa shape index (κ1) is 7.46. The normalized spacial score (nSPS) is 8.75. The van der Waals surface area contributed by atoms with E-state index in [4.69, 9.17) is 10.6 Å². The largest absolute Gasteiger partial charge is 0.502 e. The molecule has 0 heterocycles. The fourth-order valence-electron chi connectivity index (χ4n) is 0.314. The number of rotatable bonds is 4. The first-order valence-electron chi connectivity index (χ1n) is 2.46. The van der Waals surface area contributed by atoms with E-state index in [1.165, 1.54) is 0 Å². The zero-order chi connectivity index (χ0) is 6.41. The predicted molar refractivity (Wildman–Crippen MR) is 33.0 cm³/mol. The van der Waals surface area contributed by atoms with E-state index in [0.29, 0.717) is 6.54 Å². The highest BCUT2D eigenvalue weighted by molar-refractivity contribution is 4.81. The Hall–Kier alpha value is -0.540. The van der Waals surface area contributed by atoms with Gasteiger partial charge in [-0.05, 0) is 0 Å². The molecule has 0 aliphatic rings. The monoisotopic (exact) mass is 116 g/mol. The Morgan fingerprint density at radius 2 is 2.50 bits per heavy atom. The van der Waals surface area contributed by atoms with Gasteiger partial charge in [0, 0.05) is 13.0 Å². The summed E-state index contributed by atoms with van der Waals surface area (Å²) < 4.78 is 4.76. The van der Waals surface area contributed by atoms with Gasteiger partial charge in [-0.25, -0.2) is 0 Å². The SMILES string of the molecule is C=C(CCNN)OC. The van der Waals surface area contributed by atoms with Gasteiger partial charge in [0.15, 0.2) is 0 Å². The van der Waals surface area contributed by atoms with Crippen LogP contribution in [0.1, 0.15) is 6.42 Å². The van der Waals surface area contributed by atoms with Crippen molar-refractivity contribution in [3.8, 4) is 0 Å². The van der Waals surface area contributed by atoms with Crippen molar-refractivity contribution in [3.05, 3.63) is 12.3 Å². The molecule has 0 bridgehead atoms. The first-order valence-corrected chi connectivity index (χ1v) is 2.46. The number of hydrogen-bond donors (Lipinski definition) is 2. The van der Waals surface area contributed by atoms with E-state index in [0.717, 1.165) is 12.2 Å². The van der Waals surface area contributed by atoms with E-state index in [1.807, 2.05) is 0 Å². The molecule has 8 heavy (non-hydrogen) atoms. The molecule has 0 aromatic carbocycles. The molecule has 0 aromatic rings. The van der Waals surface area contributed by atoms with E-state index >= 15 is 0 Å². The molecule has 3 heteroatoms. The molecule has 0 saturated heterocycles. The lowest BCUT2D eigenvalue weighted by molar-refractivity contribution is 0.278. The minimum absolute atomic E-state index is 0.715. The zero-order valence-electron chi connectivity index (χ0n) is 5.11. The van der Waals surface area contributed by atoms with Crippen molar-refractivity contribution < 1.29 is 4.74 Å². The summed E-state index contributed by atoms with van der Waals surface area (Å²) in [7, 11) is 1.60. The second kappa shape index (κ2) is 4.61. The lowest BCUT2D eigenvalue weighted by atomic mass is 10.4. The zero-order valence-corrected chi connectivity index (χ0v) is 5.11. The third-order valence-electron chi connectivity index (χ3n) is 0.837. The van der Waals surface area contributed by atoms with Crippen LogP contribution < -0.4 is 11.3 Å². The van der Waals surface area contributed by atoms with Crippen LogP contribution in [0.25, 0.3) is 0 Å². The summed E-state index contributed by atoms with van der Waals surface area (Å²) in [5.74, 6) is 5.74. The van der Waals surface area contributed by atoms with Gasteiger partial charge in [0.1, 0.15) is 0 Å². The highest BCUT2D eigenvalue weighted by Gasteiger charge is 1.87. The molecular weight excluding hydrogens is 104 g/mol. The second-order valence-corrected chi connectivity index (χ2v) is 1.45. The highest BCUT2D eigenvalue weighted by atomic mass is 16.5. The van der Waals surface area contributed by atoms with Crippen molar-refractivity contribution in [1.29, 1.82) is 0 Å². The summed E-state index contributed by atoms with van der Waals surface area (Å²) in [6.45, 7) is 4.31. The Kier molecular flexibility index (Phi) is 4.30. The lowest BCUT2D eigenvalue weighted by Gasteiger charge is -2.00. The van der Waals surface area contributed by atoms with Crippen LogP contribution in [0.15, 0.2) is 12.3 Å². The fourth-order valence-corrected chi connectivity index (χ4v) is 0.314. The van der Waals surface area contributed by atoms with Crippen molar-refractivity contribution in [2.75, 3.05) is 13.7 Å². The maximum Gasteiger partial charge on any atom is 0.0897 e. The van der Waals surface area contributed by atoms with Gasteiger partial charge in [0.25, 0.3) is 0 Å². The molecule has 0 spiro atoms. The molecule has 3 nitrogen and oxygen atoms in total. The van der Waals surface area contributed by atoms with Crippen LogP contribution in [-0.2, 0) is 4.74 Å². The van der Waals surface area contributed by atoms with Crippen LogP contribution in [0.2, 0.25) is 0 Å². The molecule has 0 fully saturated rings. The van der Waals surface area contributed by atoms with Crippen molar-refractivity contribution >= 4 is 0 Å². The van der Waals surface area contributed by atoms with Gasteiger partial charge in [0.2, 0.25) is 0 Å². The van der Waals surface area contributed by atoms with Crippen molar-refractivity contribution in [2.45, 2.75) is 6.42 Å². The standard InChI is InChI=1S/C5H12N2O/c1-5(8-2)3-4-7-6/h7H,1,3-4,6H2,2H3. The molecule has 48 valence electrons. The third kappa shape index (κ3) is 3.64. The molecule has 0 aliphatic carbocycles. The summed E-state index contributed by atoms with van der Waals surface area (Å²) >= 11 is 0. The first-order chi connectivity index (χ1) is 3.81. The molecule has 0 aromatic heterocycles. The third-order valence-corrected chi connectivity index (χ3v) is 0.837. The molecule has 0 saturated carbocycles. The van der Waals surface area contributed by atoms with Crippen LogP contribution in [0.4, 0.5) is 0 Å². The molecular formula is C5H12N2O. The molecule has 0 amide bonds. The molecule has 0 radical (unpaired) electrons. The molecule has 0 unspecified atom stereocenters. The molecule has 0 rings (SSSR count). The van der Waals surface area contributed by atoms with Crippen LogP contribution >= 0.6 is 0 Å². The molecule has 0 aliphatic heterocycles. The minimum Gasteiger partial charge on any atom is -0.502 e. The number of hydrogen-bond acceptors (Lipinski definition) is 3. The van der Waals surface area contributed by atoms with E-state index in [-0.39, 0.29) is 0 Å². The van der Waals surface area contributed by atoms with Crippen LogP contribution in [-0.4, -0.2) is 13.7 Å². The Morgan fingerprint density at radius 1 is 1.88 bits per heavy atom. The van der Waals surface area contributed by atoms with E-state index < -0.39 is 0 Å². The van der Waals surface area contributed by atoms with Gasteiger partial charge in [-0.3, -0.25) is 11.3 Å². The molecule has 0 atom stereocenters. The second-order valence-electron chi connectivity index (χ2n) is 1.45. The summed E-state index contributed by atoms with van der Waals surface area (Å²) in [4.78, 5) is 0. The summed E-state index contributed by atoms with van der Waals surface area (Å²) in [5, 5.41) is 0. The number of nitrogens with one attached hydrogen (secondary N) is 1. The fraction of sp³-hybridized carbons (Fsp3) is 0.600. The summed E-state index contributed by atoms with van der Waals surface area (Å²) in [5.41, 5.74) is 2.49. The maximum absolute atomic E-state index is 4.98. The van der Waals surface area contributed by atoms with Gasteiger partial charge < -0.3 is 4.74 Å². The maximum atomic E-state index is 4.98. The minimum atomic E-state index is 0.715. The van der Waals surface area contributed by atoms with Gasteiger partial charge in [-0.1, -0.05) is 6.58 Å². The van der Waals surface area contributed by atoms with Gasteiger partial charge in [-0.2, -0.15) is 0 Å². The van der Waals surface area contributed by atoms with Crippen molar-refractivity contribution in [3.63, 3.8) is 0 Å². The van der Waals surface area contributed by atoms with Gasteiger partial charge in [-0.15, -0.1) is 0 Å². The Balaban J connectivity index is 2.99. The lowest BCUT2D eigenvalue weighted by Crippen LogP contribution is -2.23. The van der Waals surface area contributed by atoms with Crippen molar-refractivity contribution in [2.24, 2.45) is 5.84 Å². The van der Waals surface area contributed by atoms with Gasteiger partial charge >= 0.3 is 0 Å². The Labute approximate surface area is 49.5 Å². The number of hydrazine groups is 1. The summed E-state index contributed by atoms with van der Waals surface area (Å²) in [6, 6.07) is 0. The Bertz CT molecular complexity index is 72.8. The van der Waals surface area contributed by atoms with Crippen LogP contribution in [0.5, 0.6) is 0 Å². The quantitative estimate of drug-likeness (QED) is 0.309. The van der Waals surface area contributed by atoms with Gasteiger partial charge in [0.05, 0.1) is 12.9 Å². The number of methoxy groups -OCH3 is 1. The average molecular weight is 116 g/mol. The van der Waals surface area contributed by atoms with Crippen LogP contribution in [0.3, 0.4) is 0 Å².